The van der Waals surface area contributed by atoms with E-state index in [0.717, 1.165) is 39.0 Å². The summed E-state index contributed by atoms with van der Waals surface area (Å²) in [5, 5.41) is 13.2. The molecule has 2 aromatic heterocycles. The van der Waals surface area contributed by atoms with Gasteiger partial charge in [0.15, 0.2) is 0 Å². The number of ketones is 1. The van der Waals surface area contributed by atoms with E-state index in [2.05, 4.69) is 47.1 Å². The number of likely N-dealkylation sites (N-methyl/N-ethyl adjacent to an activating group) is 1. The van der Waals surface area contributed by atoms with Crippen molar-refractivity contribution in [2.45, 2.75) is 51.9 Å². The van der Waals surface area contributed by atoms with E-state index in [1.54, 1.807) is 0 Å². The topological polar surface area (TPSA) is 140 Å². The van der Waals surface area contributed by atoms with Crippen LogP contribution in [0, 0.1) is 5.92 Å². The number of anilines is 3. The number of aromatic nitrogens is 5. The molecule has 3 N–H and O–H groups in total. The minimum absolute atomic E-state index is 0.0589. The molecule has 33 heavy (non-hydrogen) atoms. The third kappa shape index (κ3) is 6.25. The molecule has 1 saturated carbocycles. The summed E-state index contributed by atoms with van der Waals surface area (Å²) < 4.78 is 0. The molecule has 4 rings (SSSR count). The second-order valence-corrected chi connectivity index (χ2v) is 8.90. The van der Waals surface area contributed by atoms with Crippen molar-refractivity contribution >= 4 is 23.6 Å². The van der Waals surface area contributed by atoms with Crippen LogP contribution in [-0.2, 0) is 17.6 Å². The van der Waals surface area contributed by atoms with Crippen LogP contribution < -0.4 is 15.8 Å². The highest BCUT2D eigenvalue weighted by molar-refractivity contribution is 5.78. The summed E-state index contributed by atoms with van der Waals surface area (Å²) in [5.74, 6) is 1.96. The van der Waals surface area contributed by atoms with Crippen molar-refractivity contribution in [2.24, 2.45) is 5.92 Å². The minimum atomic E-state index is -0.441. The first-order valence-electron chi connectivity index (χ1n) is 11.7. The number of aromatic amines is 1. The Morgan fingerprint density at radius 1 is 1.15 bits per heavy atom. The number of piperazine rings is 1. The number of aromatic hydroxyl groups is 1. The van der Waals surface area contributed by atoms with Crippen LogP contribution in [0.25, 0.3) is 0 Å². The van der Waals surface area contributed by atoms with E-state index < -0.39 is 5.56 Å². The maximum Gasteiger partial charge on any atom is 0.259 e. The van der Waals surface area contributed by atoms with Gasteiger partial charge in [0.2, 0.25) is 23.7 Å². The number of carbonyl (C=O) groups is 1. The number of hydrogen-bond acceptors (Lipinski definition) is 10. The van der Waals surface area contributed by atoms with Gasteiger partial charge in [0.25, 0.3) is 5.56 Å². The molecule has 0 spiro atoms. The lowest BCUT2D eigenvalue weighted by molar-refractivity contribution is -0.119. The lowest BCUT2D eigenvalue weighted by Crippen LogP contribution is -2.45. The second-order valence-electron chi connectivity index (χ2n) is 8.90. The Bertz CT molecular complexity index is 1040. The lowest BCUT2D eigenvalue weighted by Gasteiger charge is -2.32. The number of hydrogen-bond donors (Lipinski definition) is 3. The van der Waals surface area contributed by atoms with Gasteiger partial charge >= 0.3 is 0 Å². The van der Waals surface area contributed by atoms with Gasteiger partial charge in [-0.05, 0) is 38.6 Å². The zero-order valence-electron chi connectivity index (χ0n) is 19.3. The summed E-state index contributed by atoms with van der Waals surface area (Å²) in [6, 6.07) is 0. The van der Waals surface area contributed by atoms with Gasteiger partial charge < -0.3 is 14.9 Å². The van der Waals surface area contributed by atoms with Gasteiger partial charge in [-0.1, -0.05) is 6.92 Å². The monoisotopic (exact) mass is 456 g/mol. The van der Waals surface area contributed by atoms with Crippen LogP contribution in [0.15, 0.2) is 4.79 Å². The molecule has 1 aliphatic carbocycles. The molecule has 0 amide bonds. The normalized spacial score (nSPS) is 16.7. The van der Waals surface area contributed by atoms with Crippen LogP contribution in [0.2, 0.25) is 0 Å². The van der Waals surface area contributed by atoms with Crippen LogP contribution in [0.4, 0.5) is 17.8 Å². The van der Waals surface area contributed by atoms with E-state index in [9.17, 15) is 14.7 Å². The van der Waals surface area contributed by atoms with Gasteiger partial charge in [0, 0.05) is 45.4 Å². The number of H-pyrrole nitrogens is 1. The Labute approximate surface area is 192 Å². The minimum Gasteiger partial charge on any atom is -0.493 e. The van der Waals surface area contributed by atoms with Gasteiger partial charge in [-0.15, -0.1) is 0 Å². The predicted octanol–water partition coefficient (Wildman–Crippen LogP) is 1.41. The molecule has 2 aliphatic rings. The van der Waals surface area contributed by atoms with Crippen LogP contribution >= 0.6 is 0 Å². The third-order valence-corrected chi connectivity index (χ3v) is 6.09. The molecule has 178 valence electrons. The first kappa shape index (κ1) is 23.1. The molecule has 2 fully saturated rings. The number of aryl methyl sites for hydroxylation is 1. The number of carbonyl (C=O) groups excluding carboxylic acids is 1. The number of rotatable bonds is 10. The quantitative estimate of drug-likeness (QED) is 0.480. The van der Waals surface area contributed by atoms with Crippen LogP contribution in [0.3, 0.4) is 0 Å². The fourth-order valence-corrected chi connectivity index (χ4v) is 3.85. The van der Waals surface area contributed by atoms with E-state index in [1.807, 2.05) is 6.92 Å². The third-order valence-electron chi connectivity index (χ3n) is 6.09. The SMILES string of the molecule is CCc1nc(Nc2nc(O)c(CCCC(=O)CC3CC3)c(=O)[nH]2)nc(N2CCN(C)CC2)n1. The summed E-state index contributed by atoms with van der Waals surface area (Å²) in [6.07, 6.45) is 4.76. The molecule has 0 bridgehead atoms. The maximum atomic E-state index is 12.5. The van der Waals surface area contributed by atoms with Crippen molar-refractivity contribution in [1.29, 1.82) is 0 Å². The van der Waals surface area contributed by atoms with E-state index in [4.69, 9.17) is 0 Å². The molecule has 0 unspecified atom stereocenters. The summed E-state index contributed by atoms with van der Waals surface area (Å²) in [4.78, 5) is 49.0. The molecular weight excluding hydrogens is 424 g/mol. The number of nitrogens with one attached hydrogen (secondary N) is 2. The van der Waals surface area contributed by atoms with E-state index in [-0.39, 0.29) is 29.1 Å². The van der Waals surface area contributed by atoms with Gasteiger partial charge in [0.05, 0.1) is 5.56 Å². The molecule has 11 heteroatoms. The fourth-order valence-electron chi connectivity index (χ4n) is 3.85. The maximum absolute atomic E-state index is 12.5. The first-order valence-corrected chi connectivity index (χ1v) is 11.7. The van der Waals surface area contributed by atoms with Crippen molar-refractivity contribution in [1.82, 2.24) is 29.8 Å². The predicted molar refractivity (Wildman–Crippen MR) is 124 cm³/mol. The molecule has 1 saturated heterocycles. The number of Topliss-reactive ketones (excluding diaryl/α,β-unsaturated/α-hetero) is 1. The summed E-state index contributed by atoms with van der Waals surface area (Å²) in [5.41, 5.74) is -0.258. The highest BCUT2D eigenvalue weighted by atomic mass is 16.3. The fraction of sp³-hybridized carbons (Fsp3) is 0.636. The first-order chi connectivity index (χ1) is 15.9. The van der Waals surface area contributed by atoms with Crippen LogP contribution in [0.5, 0.6) is 5.88 Å². The Morgan fingerprint density at radius 2 is 1.91 bits per heavy atom. The van der Waals surface area contributed by atoms with Crippen molar-refractivity contribution in [3.63, 3.8) is 0 Å². The van der Waals surface area contributed by atoms with E-state index in [1.165, 1.54) is 0 Å². The molecule has 0 radical (unpaired) electrons. The molecule has 11 nitrogen and oxygen atoms in total. The van der Waals surface area contributed by atoms with Crippen molar-refractivity contribution in [3.05, 3.63) is 21.7 Å². The van der Waals surface area contributed by atoms with Gasteiger partial charge in [-0.3, -0.25) is 19.9 Å². The summed E-state index contributed by atoms with van der Waals surface area (Å²) >= 11 is 0. The highest BCUT2D eigenvalue weighted by Crippen LogP contribution is 2.33. The average molecular weight is 457 g/mol. The van der Waals surface area contributed by atoms with E-state index in [0.29, 0.717) is 49.8 Å². The number of nitrogens with zero attached hydrogens (tertiary/aromatic N) is 6. The molecule has 0 aromatic carbocycles. The Morgan fingerprint density at radius 3 is 2.58 bits per heavy atom. The summed E-state index contributed by atoms with van der Waals surface area (Å²) in [6.45, 7) is 5.44. The Kier molecular flexibility index (Phi) is 7.17. The second kappa shape index (κ2) is 10.2. The zero-order valence-corrected chi connectivity index (χ0v) is 19.3. The van der Waals surface area contributed by atoms with Gasteiger partial charge in [-0.25, -0.2) is 0 Å². The molecule has 0 atom stereocenters. The standard InChI is InChI=1S/C22H32N8O3/c1-3-17-23-20(28-22(24-17)30-11-9-29(2)10-12-30)27-21-25-18(32)16(19(33)26-21)6-4-5-15(31)13-14-7-8-14/h14H,3-13H2,1-2H3,(H3,23,24,25,26,27,28,32,33). The Hall–Kier alpha value is -3.08. The van der Waals surface area contributed by atoms with Crippen molar-refractivity contribution < 1.29 is 9.90 Å². The molecular formula is C22H32N8O3. The molecule has 2 aromatic rings. The Balaban J connectivity index is 1.43. The van der Waals surface area contributed by atoms with Crippen molar-refractivity contribution in [3.8, 4) is 5.88 Å². The van der Waals surface area contributed by atoms with Crippen LogP contribution in [0.1, 0.15) is 50.4 Å². The van der Waals surface area contributed by atoms with Gasteiger partial charge in [-0.2, -0.15) is 19.9 Å². The molecule has 1 aliphatic heterocycles. The lowest BCUT2D eigenvalue weighted by atomic mass is 10.1. The van der Waals surface area contributed by atoms with Gasteiger partial charge in [0.1, 0.15) is 11.6 Å². The largest absolute Gasteiger partial charge is 0.493 e. The van der Waals surface area contributed by atoms with Crippen LogP contribution in [-0.4, -0.2) is 73.9 Å². The smallest absolute Gasteiger partial charge is 0.259 e. The summed E-state index contributed by atoms with van der Waals surface area (Å²) in [7, 11) is 2.08. The average Bonchev–Trinajstić information content (AvgIpc) is 3.60. The molecule has 3 heterocycles. The van der Waals surface area contributed by atoms with Crippen molar-refractivity contribution in [2.75, 3.05) is 43.4 Å². The highest BCUT2D eigenvalue weighted by Gasteiger charge is 2.24. The zero-order chi connectivity index (χ0) is 23.4. The van der Waals surface area contributed by atoms with E-state index >= 15 is 0 Å².